The Labute approximate surface area is 158 Å². The number of aryl methyl sites for hydroxylation is 2. The molecule has 0 unspecified atom stereocenters. The molecular weight excluding hydrogens is 401 g/mol. The van der Waals surface area contributed by atoms with Gasteiger partial charge in [-0.2, -0.15) is 9.97 Å². The van der Waals surface area contributed by atoms with Gasteiger partial charge in [0.15, 0.2) is 11.6 Å². The molecule has 1 amide bonds. The van der Waals surface area contributed by atoms with E-state index < -0.39 is 5.82 Å². The van der Waals surface area contributed by atoms with Crippen molar-refractivity contribution in [3.8, 4) is 11.8 Å². The molecule has 0 aliphatic heterocycles. The quantitative estimate of drug-likeness (QED) is 0.647. The highest BCUT2D eigenvalue weighted by Gasteiger charge is 2.15. The highest BCUT2D eigenvalue weighted by Crippen LogP contribution is 2.25. The molecule has 0 saturated carbocycles. The minimum atomic E-state index is -0.501. The Hall–Kier alpha value is -2.80. The van der Waals surface area contributed by atoms with E-state index in [4.69, 9.17) is 4.74 Å². The fourth-order valence-corrected chi connectivity index (χ4v) is 2.59. The number of benzene rings is 2. The molecule has 0 fully saturated rings. The lowest BCUT2D eigenvalue weighted by molar-refractivity contribution is 0.102. The predicted molar refractivity (Wildman–Crippen MR) is 100 cm³/mol. The molecule has 1 heterocycles. The molecule has 0 aliphatic rings. The van der Waals surface area contributed by atoms with Gasteiger partial charge >= 0.3 is 6.01 Å². The highest BCUT2D eigenvalue weighted by molar-refractivity contribution is 9.10. The second-order valence-corrected chi connectivity index (χ2v) is 6.46. The maximum atomic E-state index is 13.7. The Morgan fingerprint density at radius 3 is 2.27 bits per heavy atom. The Bertz CT molecular complexity index is 938. The van der Waals surface area contributed by atoms with Crippen LogP contribution in [0.5, 0.6) is 11.8 Å². The fourth-order valence-electron chi connectivity index (χ4n) is 2.32. The van der Waals surface area contributed by atoms with Gasteiger partial charge in [0.2, 0.25) is 0 Å². The van der Waals surface area contributed by atoms with Crippen LogP contribution in [-0.2, 0) is 0 Å². The zero-order valence-electron chi connectivity index (χ0n) is 14.1. The molecule has 132 valence electrons. The molecule has 0 aliphatic carbocycles. The summed E-state index contributed by atoms with van der Waals surface area (Å²) in [7, 11) is 0. The Kier molecular flexibility index (Phi) is 5.27. The van der Waals surface area contributed by atoms with Gasteiger partial charge in [0, 0.05) is 10.0 Å². The standard InChI is InChI=1S/C19H15BrFN3O2/c1-11-17(24-18(25)13-7-9-14(20)10-8-13)12(2)23-19(22-11)26-16-6-4-3-5-15(16)21/h3-10H,1-2H3,(H,24,25). The molecule has 2 aromatic carbocycles. The smallest absolute Gasteiger partial charge is 0.322 e. The first kappa shape index (κ1) is 18.0. The summed E-state index contributed by atoms with van der Waals surface area (Å²) in [6.45, 7) is 3.44. The van der Waals surface area contributed by atoms with Gasteiger partial charge in [-0.3, -0.25) is 4.79 Å². The summed E-state index contributed by atoms with van der Waals surface area (Å²) >= 11 is 3.33. The number of aromatic nitrogens is 2. The van der Waals surface area contributed by atoms with Gasteiger partial charge in [0.05, 0.1) is 17.1 Å². The van der Waals surface area contributed by atoms with Crippen LogP contribution in [0.3, 0.4) is 0 Å². The van der Waals surface area contributed by atoms with Crippen molar-refractivity contribution in [3.63, 3.8) is 0 Å². The van der Waals surface area contributed by atoms with Crippen LogP contribution >= 0.6 is 15.9 Å². The molecule has 0 saturated heterocycles. The molecular formula is C19H15BrFN3O2. The third-order valence-electron chi connectivity index (χ3n) is 3.63. The number of rotatable bonds is 4. The van der Waals surface area contributed by atoms with Gasteiger partial charge in [0.25, 0.3) is 5.91 Å². The number of hydrogen-bond donors (Lipinski definition) is 1. The van der Waals surface area contributed by atoms with Crippen molar-refractivity contribution >= 4 is 27.5 Å². The zero-order chi connectivity index (χ0) is 18.7. The van der Waals surface area contributed by atoms with E-state index in [2.05, 4.69) is 31.2 Å². The van der Waals surface area contributed by atoms with Gasteiger partial charge in [-0.15, -0.1) is 0 Å². The second-order valence-electron chi connectivity index (χ2n) is 5.55. The average molecular weight is 416 g/mol. The number of ether oxygens (including phenoxy) is 1. The summed E-state index contributed by atoms with van der Waals surface area (Å²) in [6.07, 6.45) is 0. The van der Waals surface area contributed by atoms with Crippen molar-refractivity contribution in [2.75, 3.05) is 5.32 Å². The maximum Gasteiger partial charge on any atom is 0.322 e. The number of anilines is 1. The van der Waals surface area contributed by atoms with E-state index in [1.54, 1.807) is 50.2 Å². The molecule has 5 nitrogen and oxygen atoms in total. The van der Waals surface area contributed by atoms with Crippen LogP contribution in [0.2, 0.25) is 0 Å². The number of carbonyl (C=O) groups is 1. The van der Waals surface area contributed by atoms with E-state index in [1.165, 1.54) is 12.1 Å². The Morgan fingerprint density at radius 2 is 1.65 bits per heavy atom. The number of amides is 1. The monoisotopic (exact) mass is 415 g/mol. The van der Waals surface area contributed by atoms with Gasteiger partial charge in [-0.1, -0.05) is 28.1 Å². The summed E-state index contributed by atoms with van der Waals surface area (Å²) in [4.78, 5) is 20.8. The minimum Gasteiger partial charge on any atom is -0.421 e. The predicted octanol–water partition coefficient (Wildman–Crippen LogP) is 5.04. The maximum absolute atomic E-state index is 13.7. The highest BCUT2D eigenvalue weighted by atomic mass is 79.9. The van der Waals surface area contributed by atoms with E-state index in [1.807, 2.05) is 0 Å². The summed E-state index contributed by atoms with van der Waals surface area (Å²) < 4.78 is 20.0. The number of nitrogens with zero attached hydrogens (tertiary/aromatic N) is 2. The Morgan fingerprint density at radius 1 is 1.04 bits per heavy atom. The van der Waals surface area contributed by atoms with E-state index in [0.717, 1.165) is 4.47 Å². The largest absolute Gasteiger partial charge is 0.421 e. The normalized spacial score (nSPS) is 10.5. The van der Waals surface area contributed by atoms with Gasteiger partial charge < -0.3 is 10.1 Å². The van der Waals surface area contributed by atoms with Gasteiger partial charge in [-0.25, -0.2) is 4.39 Å². The molecule has 0 spiro atoms. The van der Waals surface area contributed by atoms with Crippen LogP contribution in [-0.4, -0.2) is 15.9 Å². The van der Waals surface area contributed by atoms with Crippen molar-refractivity contribution in [2.45, 2.75) is 13.8 Å². The third kappa shape index (κ3) is 4.05. The number of hydrogen-bond acceptors (Lipinski definition) is 4. The molecule has 1 aromatic heterocycles. The van der Waals surface area contributed by atoms with Crippen LogP contribution in [0.15, 0.2) is 53.0 Å². The van der Waals surface area contributed by atoms with Crippen molar-refractivity contribution in [3.05, 3.63) is 75.8 Å². The van der Waals surface area contributed by atoms with Crippen molar-refractivity contribution in [1.29, 1.82) is 0 Å². The first-order valence-electron chi connectivity index (χ1n) is 7.78. The third-order valence-corrected chi connectivity index (χ3v) is 4.16. The molecule has 0 atom stereocenters. The lowest BCUT2D eigenvalue weighted by Gasteiger charge is -2.12. The summed E-state index contributed by atoms with van der Waals surface area (Å²) in [6, 6.07) is 13.0. The van der Waals surface area contributed by atoms with Crippen molar-refractivity contribution in [2.24, 2.45) is 0 Å². The van der Waals surface area contributed by atoms with Crippen molar-refractivity contribution in [1.82, 2.24) is 9.97 Å². The van der Waals surface area contributed by atoms with Gasteiger partial charge in [-0.05, 0) is 50.2 Å². The summed E-state index contributed by atoms with van der Waals surface area (Å²) in [5.41, 5.74) is 2.06. The topological polar surface area (TPSA) is 64.1 Å². The molecule has 0 radical (unpaired) electrons. The fraction of sp³-hybridized carbons (Fsp3) is 0.105. The molecule has 7 heteroatoms. The van der Waals surface area contributed by atoms with E-state index in [-0.39, 0.29) is 17.7 Å². The zero-order valence-corrected chi connectivity index (χ0v) is 15.7. The number of nitrogens with one attached hydrogen (secondary N) is 1. The van der Waals surface area contributed by atoms with Crippen LogP contribution in [0.1, 0.15) is 21.7 Å². The SMILES string of the molecule is Cc1nc(Oc2ccccc2F)nc(C)c1NC(=O)c1ccc(Br)cc1. The number of carbonyl (C=O) groups excluding carboxylic acids is 1. The molecule has 1 N–H and O–H groups in total. The lowest BCUT2D eigenvalue weighted by Crippen LogP contribution is -2.15. The molecule has 0 bridgehead atoms. The first-order chi connectivity index (χ1) is 12.4. The van der Waals surface area contributed by atoms with Crippen molar-refractivity contribution < 1.29 is 13.9 Å². The van der Waals surface area contributed by atoms with E-state index in [9.17, 15) is 9.18 Å². The van der Waals surface area contributed by atoms with Crippen LogP contribution in [0.25, 0.3) is 0 Å². The molecule has 3 aromatic rings. The Balaban J connectivity index is 1.82. The first-order valence-corrected chi connectivity index (χ1v) is 8.58. The lowest BCUT2D eigenvalue weighted by atomic mass is 10.2. The van der Waals surface area contributed by atoms with Crippen LogP contribution < -0.4 is 10.1 Å². The van der Waals surface area contributed by atoms with Crippen LogP contribution in [0, 0.1) is 19.7 Å². The minimum absolute atomic E-state index is 0.0201. The number of para-hydroxylation sites is 1. The summed E-state index contributed by atoms with van der Waals surface area (Å²) in [5.74, 6) is -0.730. The van der Waals surface area contributed by atoms with Gasteiger partial charge in [0.1, 0.15) is 0 Å². The van der Waals surface area contributed by atoms with E-state index in [0.29, 0.717) is 22.6 Å². The summed E-state index contributed by atoms with van der Waals surface area (Å²) in [5, 5.41) is 2.81. The molecule has 26 heavy (non-hydrogen) atoms. The average Bonchev–Trinajstić information content (AvgIpc) is 2.60. The second kappa shape index (κ2) is 7.61. The van der Waals surface area contributed by atoms with Crippen LogP contribution in [0.4, 0.5) is 10.1 Å². The molecule has 3 rings (SSSR count). The number of halogens is 2. The van der Waals surface area contributed by atoms with E-state index >= 15 is 0 Å².